The first-order valence-electron chi connectivity index (χ1n) is 10.9. The molecule has 8 heteroatoms. The van der Waals surface area contributed by atoms with E-state index in [2.05, 4.69) is 31.9 Å². The van der Waals surface area contributed by atoms with Gasteiger partial charge in [-0.25, -0.2) is 4.39 Å². The number of guanidine groups is 1. The number of nitrogens with one attached hydrogen (secondary N) is 1. The number of ether oxygens (including phenoxy) is 1. The van der Waals surface area contributed by atoms with Gasteiger partial charge in [0.25, 0.3) is 0 Å². The highest BCUT2D eigenvalue weighted by molar-refractivity contribution is 14.0. The summed E-state index contributed by atoms with van der Waals surface area (Å²) in [4.78, 5) is 11.3. The van der Waals surface area contributed by atoms with E-state index >= 15 is 0 Å². The molecule has 4 rings (SSSR count). The molecule has 0 amide bonds. The smallest absolute Gasteiger partial charge is 0.193 e. The van der Waals surface area contributed by atoms with Crippen molar-refractivity contribution in [2.45, 2.75) is 26.3 Å². The number of hydrogen-bond donors (Lipinski definition) is 1. The lowest BCUT2D eigenvalue weighted by molar-refractivity contribution is 0.156. The third kappa shape index (κ3) is 5.19. The Morgan fingerprint density at radius 2 is 2.00 bits per heavy atom. The van der Waals surface area contributed by atoms with Crippen molar-refractivity contribution in [3.8, 4) is 0 Å². The highest BCUT2D eigenvalue weighted by Gasteiger charge is 2.42. The van der Waals surface area contributed by atoms with E-state index in [1.807, 2.05) is 19.2 Å². The maximum Gasteiger partial charge on any atom is 0.193 e. The molecule has 168 valence electrons. The van der Waals surface area contributed by atoms with Crippen molar-refractivity contribution in [2.75, 3.05) is 71.0 Å². The minimum absolute atomic E-state index is 0. The van der Waals surface area contributed by atoms with Gasteiger partial charge in [-0.3, -0.25) is 4.99 Å². The van der Waals surface area contributed by atoms with Crippen molar-refractivity contribution in [3.63, 3.8) is 0 Å². The van der Waals surface area contributed by atoms with Gasteiger partial charge in [0.15, 0.2) is 5.96 Å². The van der Waals surface area contributed by atoms with Crippen molar-refractivity contribution < 1.29 is 9.13 Å². The number of nitrogens with zero attached hydrogens (tertiary/aromatic N) is 4. The second-order valence-electron chi connectivity index (χ2n) is 8.58. The van der Waals surface area contributed by atoms with Crippen LogP contribution in [0, 0.1) is 11.2 Å². The second kappa shape index (κ2) is 10.5. The van der Waals surface area contributed by atoms with Gasteiger partial charge in [0.05, 0.1) is 12.3 Å². The van der Waals surface area contributed by atoms with Gasteiger partial charge in [0, 0.05) is 64.9 Å². The third-order valence-corrected chi connectivity index (χ3v) is 6.76. The van der Waals surface area contributed by atoms with Crippen molar-refractivity contribution >= 4 is 35.6 Å². The Labute approximate surface area is 196 Å². The van der Waals surface area contributed by atoms with E-state index in [1.165, 1.54) is 0 Å². The Balaban J connectivity index is 0.00000256. The fourth-order valence-electron chi connectivity index (χ4n) is 4.82. The molecule has 1 aromatic carbocycles. The molecule has 3 aliphatic rings. The molecule has 0 radical (unpaired) electrons. The largest absolute Gasteiger partial charge is 0.381 e. The molecule has 3 saturated heterocycles. The number of likely N-dealkylation sites (N-methyl/N-ethyl adjacent to an activating group) is 1. The van der Waals surface area contributed by atoms with Crippen molar-refractivity contribution in [1.29, 1.82) is 0 Å². The summed E-state index contributed by atoms with van der Waals surface area (Å²) in [7, 11) is 1.82. The van der Waals surface area contributed by atoms with Gasteiger partial charge in [-0.2, -0.15) is 0 Å². The van der Waals surface area contributed by atoms with Crippen LogP contribution in [0.15, 0.2) is 23.2 Å². The summed E-state index contributed by atoms with van der Waals surface area (Å²) >= 11 is 0. The van der Waals surface area contributed by atoms with Crippen molar-refractivity contribution in [1.82, 2.24) is 15.1 Å². The molecular weight excluding hydrogens is 496 g/mol. The topological polar surface area (TPSA) is 43.3 Å². The summed E-state index contributed by atoms with van der Waals surface area (Å²) < 4.78 is 20.4. The van der Waals surface area contributed by atoms with Crippen LogP contribution in [0.25, 0.3) is 0 Å². The molecule has 0 aliphatic carbocycles. The Morgan fingerprint density at radius 3 is 2.63 bits per heavy atom. The molecule has 0 bridgehead atoms. The standard InChI is InChI=1S/C22H34FN5O.HI/c1-3-26-9-11-27(12-10-26)20-5-4-18(14-19(20)23)15-25-21(24-2)28-8-6-22(16-28)7-13-29-17-22;/h4-5,14H,3,6-13,15-17H2,1-2H3,(H,24,25);1H. The van der Waals surface area contributed by atoms with E-state index in [-0.39, 0.29) is 29.8 Å². The summed E-state index contributed by atoms with van der Waals surface area (Å²) in [6, 6.07) is 5.62. The molecule has 3 aliphatic heterocycles. The van der Waals surface area contributed by atoms with Crippen LogP contribution in [0.2, 0.25) is 0 Å². The SMILES string of the molecule is CCN1CCN(c2ccc(CNC(=NC)N3CCC4(CCOC4)C3)cc2F)CC1.I. The van der Waals surface area contributed by atoms with E-state index in [1.54, 1.807) is 6.07 Å². The summed E-state index contributed by atoms with van der Waals surface area (Å²) in [5.74, 6) is 0.765. The maximum atomic E-state index is 14.8. The number of halogens is 2. The number of rotatable bonds is 4. The van der Waals surface area contributed by atoms with E-state index in [0.29, 0.717) is 12.0 Å². The zero-order valence-corrected chi connectivity index (χ0v) is 20.5. The highest BCUT2D eigenvalue weighted by atomic mass is 127. The van der Waals surface area contributed by atoms with E-state index in [4.69, 9.17) is 4.74 Å². The molecule has 3 heterocycles. The monoisotopic (exact) mass is 531 g/mol. The summed E-state index contributed by atoms with van der Waals surface area (Å²) in [5.41, 5.74) is 1.96. The van der Waals surface area contributed by atoms with Gasteiger partial charge < -0.3 is 24.8 Å². The number of anilines is 1. The lowest BCUT2D eigenvalue weighted by Gasteiger charge is -2.35. The van der Waals surface area contributed by atoms with Gasteiger partial charge in [-0.1, -0.05) is 13.0 Å². The van der Waals surface area contributed by atoms with Crippen LogP contribution in [0.1, 0.15) is 25.3 Å². The Kier molecular flexibility index (Phi) is 8.20. The molecular formula is C22H35FIN5O. The first-order valence-corrected chi connectivity index (χ1v) is 10.9. The van der Waals surface area contributed by atoms with Crippen molar-refractivity contribution in [2.24, 2.45) is 10.4 Å². The minimum atomic E-state index is -0.132. The number of piperazine rings is 1. The molecule has 30 heavy (non-hydrogen) atoms. The highest BCUT2D eigenvalue weighted by Crippen LogP contribution is 2.38. The Hall–Kier alpha value is -1.13. The maximum absolute atomic E-state index is 14.8. The van der Waals surface area contributed by atoms with Crippen LogP contribution < -0.4 is 10.2 Å². The molecule has 1 aromatic rings. The van der Waals surface area contributed by atoms with Crippen molar-refractivity contribution in [3.05, 3.63) is 29.6 Å². The first-order chi connectivity index (χ1) is 14.1. The van der Waals surface area contributed by atoms with Gasteiger partial charge >= 0.3 is 0 Å². The predicted octanol–water partition coefficient (Wildman–Crippen LogP) is 2.77. The minimum Gasteiger partial charge on any atom is -0.381 e. The lowest BCUT2D eigenvalue weighted by atomic mass is 9.87. The molecule has 1 unspecified atom stereocenters. The number of aliphatic imine (C=N–C) groups is 1. The number of likely N-dealkylation sites (tertiary alicyclic amines) is 1. The third-order valence-electron chi connectivity index (χ3n) is 6.76. The van der Waals surface area contributed by atoms with E-state index < -0.39 is 0 Å². The number of benzene rings is 1. The van der Waals surface area contributed by atoms with Crippen LogP contribution in [-0.4, -0.2) is 81.8 Å². The van der Waals surface area contributed by atoms with Crippen LogP contribution in [0.4, 0.5) is 10.1 Å². The quantitative estimate of drug-likeness (QED) is 0.368. The Morgan fingerprint density at radius 1 is 1.20 bits per heavy atom. The van der Waals surface area contributed by atoms with Crippen LogP contribution >= 0.6 is 24.0 Å². The predicted molar refractivity (Wildman–Crippen MR) is 130 cm³/mol. The average Bonchev–Trinajstić information content (AvgIpc) is 3.39. The fourth-order valence-corrected chi connectivity index (χ4v) is 4.82. The lowest BCUT2D eigenvalue weighted by Crippen LogP contribution is -2.46. The van der Waals surface area contributed by atoms with Gasteiger partial charge in [-0.15, -0.1) is 24.0 Å². The molecule has 1 spiro atoms. The van der Waals surface area contributed by atoms with Crippen LogP contribution in [0.3, 0.4) is 0 Å². The molecule has 1 atom stereocenters. The normalized spacial score (nSPS) is 25.1. The van der Waals surface area contributed by atoms with E-state index in [9.17, 15) is 4.39 Å². The Bertz CT molecular complexity index is 732. The zero-order chi connectivity index (χ0) is 20.3. The first kappa shape index (κ1) is 23.5. The van der Waals surface area contributed by atoms with Gasteiger partial charge in [-0.05, 0) is 37.1 Å². The van der Waals surface area contributed by atoms with Gasteiger partial charge in [0.1, 0.15) is 5.82 Å². The molecule has 1 N–H and O–H groups in total. The summed E-state index contributed by atoms with van der Waals surface area (Å²) in [5, 5.41) is 3.42. The van der Waals surface area contributed by atoms with Gasteiger partial charge in [0.2, 0.25) is 0 Å². The molecule has 3 fully saturated rings. The number of hydrogen-bond acceptors (Lipinski definition) is 4. The molecule has 0 aromatic heterocycles. The second-order valence-corrected chi connectivity index (χ2v) is 8.58. The fraction of sp³-hybridized carbons (Fsp3) is 0.682. The van der Waals surface area contributed by atoms with E-state index in [0.717, 1.165) is 89.1 Å². The molecule has 0 saturated carbocycles. The van der Waals surface area contributed by atoms with Crippen LogP contribution in [-0.2, 0) is 11.3 Å². The summed E-state index contributed by atoms with van der Waals surface area (Å²) in [6.45, 7) is 11.3. The molecule has 6 nitrogen and oxygen atoms in total. The van der Waals surface area contributed by atoms with Crippen LogP contribution in [0.5, 0.6) is 0 Å². The zero-order valence-electron chi connectivity index (χ0n) is 18.2. The average molecular weight is 531 g/mol. The summed E-state index contributed by atoms with van der Waals surface area (Å²) in [6.07, 6.45) is 2.29.